The fraction of sp³-hybridized carbons (Fsp3) is 0.364. The smallest absolute Gasteiger partial charge is 0.325 e. The summed E-state index contributed by atoms with van der Waals surface area (Å²) in [5.41, 5.74) is 0.276. The number of rotatable bonds is 6. The Morgan fingerprint density at radius 2 is 2.29 bits per heavy atom. The van der Waals surface area contributed by atoms with Crippen molar-refractivity contribution in [3.63, 3.8) is 0 Å². The van der Waals surface area contributed by atoms with Gasteiger partial charge in [-0.2, -0.15) is 0 Å². The lowest BCUT2D eigenvalue weighted by Crippen LogP contribution is -2.31. The van der Waals surface area contributed by atoms with E-state index in [0.29, 0.717) is 13.2 Å². The molecule has 17 heavy (non-hydrogen) atoms. The summed E-state index contributed by atoms with van der Waals surface area (Å²) in [7, 11) is 1.51. The van der Waals surface area contributed by atoms with Gasteiger partial charge in [0.2, 0.25) is 0 Å². The largest absolute Gasteiger partial charge is 0.480 e. The Morgan fingerprint density at radius 1 is 1.59 bits per heavy atom. The van der Waals surface area contributed by atoms with E-state index in [1.807, 2.05) is 0 Å². The number of carboxylic acid groups (broad SMARTS) is 1. The van der Waals surface area contributed by atoms with E-state index < -0.39 is 17.8 Å². The summed E-state index contributed by atoms with van der Waals surface area (Å²) in [5.74, 6) is -1.66. The molecule has 0 amide bonds. The Morgan fingerprint density at radius 3 is 2.82 bits per heavy atom. The van der Waals surface area contributed by atoms with Gasteiger partial charge < -0.3 is 9.84 Å². The van der Waals surface area contributed by atoms with Gasteiger partial charge in [-0.3, -0.25) is 10.1 Å². The molecule has 0 heterocycles. The van der Waals surface area contributed by atoms with Gasteiger partial charge in [-0.1, -0.05) is 11.6 Å². The Labute approximate surface area is 103 Å². The standard InChI is InChI=1S/C11H13ClFNO3/c1-17-3-2-14-10(11(15)16)7-4-8(12)6-9(13)5-7/h4-6,10,14H,2-3H2,1H3,(H,15,16). The van der Waals surface area contributed by atoms with E-state index in [1.54, 1.807) is 0 Å². The number of ether oxygens (including phenoxy) is 1. The second kappa shape index (κ2) is 6.54. The lowest BCUT2D eigenvalue weighted by Gasteiger charge is -2.15. The van der Waals surface area contributed by atoms with E-state index in [0.717, 1.165) is 12.1 Å². The number of aliphatic carboxylic acids is 1. The molecule has 0 saturated heterocycles. The third kappa shape index (κ3) is 4.30. The first kappa shape index (κ1) is 13.9. The SMILES string of the molecule is COCCNC(C(=O)O)c1cc(F)cc(Cl)c1. The van der Waals surface area contributed by atoms with Crippen molar-refractivity contribution in [2.75, 3.05) is 20.3 Å². The Kier molecular flexibility index (Phi) is 5.34. The highest BCUT2D eigenvalue weighted by molar-refractivity contribution is 6.30. The molecule has 0 aromatic heterocycles. The zero-order valence-electron chi connectivity index (χ0n) is 9.24. The molecular weight excluding hydrogens is 249 g/mol. The van der Waals surface area contributed by atoms with Crippen molar-refractivity contribution in [1.29, 1.82) is 0 Å². The minimum atomic E-state index is -1.09. The summed E-state index contributed by atoms with van der Waals surface area (Å²) >= 11 is 5.67. The summed E-state index contributed by atoms with van der Waals surface area (Å²) in [4.78, 5) is 11.0. The van der Waals surface area contributed by atoms with Crippen LogP contribution in [0, 0.1) is 5.82 Å². The molecule has 1 aromatic rings. The van der Waals surface area contributed by atoms with E-state index in [9.17, 15) is 9.18 Å². The quantitative estimate of drug-likeness (QED) is 0.767. The summed E-state index contributed by atoms with van der Waals surface area (Å²) < 4.78 is 17.9. The Bertz CT molecular complexity index is 380. The number of hydrogen-bond acceptors (Lipinski definition) is 3. The summed E-state index contributed by atoms with van der Waals surface area (Å²) in [6.45, 7) is 0.717. The van der Waals surface area contributed by atoms with Crippen LogP contribution in [0.1, 0.15) is 11.6 Å². The van der Waals surface area contributed by atoms with Crippen molar-refractivity contribution in [3.05, 3.63) is 34.6 Å². The van der Waals surface area contributed by atoms with Gasteiger partial charge in [0.1, 0.15) is 11.9 Å². The third-order valence-electron chi connectivity index (χ3n) is 2.12. The maximum absolute atomic E-state index is 13.1. The topological polar surface area (TPSA) is 58.6 Å². The molecule has 1 unspecified atom stereocenters. The van der Waals surface area contributed by atoms with Crippen LogP contribution in [0.2, 0.25) is 5.02 Å². The zero-order chi connectivity index (χ0) is 12.8. The average molecular weight is 262 g/mol. The highest BCUT2D eigenvalue weighted by Gasteiger charge is 2.19. The molecule has 1 rings (SSSR count). The van der Waals surface area contributed by atoms with Crippen LogP contribution >= 0.6 is 11.6 Å². The Hall–Kier alpha value is -1.17. The molecule has 6 heteroatoms. The predicted molar refractivity (Wildman–Crippen MR) is 61.7 cm³/mol. The van der Waals surface area contributed by atoms with Gasteiger partial charge in [-0.15, -0.1) is 0 Å². The number of carbonyl (C=O) groups is 1. The van der Waals surface area contributed by atoms with Gasteiger partial charge >= 0.3 is 5.97 Å². The van der Waals surface area contributed by atoms with Crippen molar-refractivity contribution < 1.29 is 19.0 Å². The number of carboxylic acids is 1. The lowest BCUT2D eigenvalue weighted by molar-refractivity contribution is -0.139. The third-order valence-corrected chi connectivity index (χ3v) is 2.34. The molecule has 0 saturated carbocycles. The van der Waals surface area contributed by atoms with E-state index in [1.165, 1.54) is 13.2 Å². The molecule has 0 aliphatic heterocycles. The molecular formula is C11H13ClFNO3. The predicted octanol–water partition coefficient (Wildman–Crippen LogP) is 1.84. The van der Waals surface area contributed by atoms with Crippen LogP contribution in [0.5, 0.6) is 0 Å². The molecule has 1 aromatic carbocycles. The van der Waals surface area contributed by atoms with Crippen LogP contribution in [0.25, 0.3) is 0 Å². The summed E-state index contributed by atoms with van der Waals surface area (Å²) in [6.07, 6.45) is 0. The maximum Gasteiger partial charge on any atom is 0.325 e. The van der Waals surface area contributed by atoms with Crippen LogP contribution in [-0.2, 0) is 9.53 Å². The van der Waals surface area contributed by atoms with E-state index in [2.05, 4.69) is 5.32 Å². The zero-order valence-corrected chi connectivity index (χ0v) is 10.00. The molecule has 0 aliphatic carbocycles. The van der Waals surface area contributed by atoms with Gasteiger partial charge in [0.25, 0.3) is 0 Å². The van der Waals surface area contributed by atoms with E-state index in [-0.39, 0.29) is 10.6 Å². The van der Waals surface area contributed by atoms with E-state index >= 15 is 0 Å². The fourth-order valence-corrected chi connectivity index (χ4v) is 1.63. The number of hydrogen-bond donors (Lipinski definition) is 2. The number of methoxy groups -OCH3 is 1. The molecule has 0 aliphatic rings. The van der Waals surface area contributed by atoms with Crippen molar-refractivity contribution in [2.24, 2.45) is 0 Å². The first-order valence-electron chi connectivity index (χ1n) is 4.95. The first-order valence-corrected chi connectivity index (χ1v) is 5.33. The molecule has 0 bridgehead atoms. The summed E-state index contributed by atoms with van der Waals surface area (Å²) in [5, 5.41) is 11.9. The van der Waals surface area contributed by atoms with Crippen LogP contribution in [0.4, 0.5) is 4.39 Å². The first-order chi connectivity index (χ1) is 8.04. The van der Waals surface area contributed by atoms with Crippen LogP contribution < -0.4 is 5.32 Å². The molecule has 0 radical (unpaired) electrons. The van der Waals surface area contributed by atoms with Crippen molar-refractivity contribution in [2.45, 2.75) is 6.04 Å². The van der Waals surface area contributed by atoms with Gasteiger partial charge in [-0.25, -0.2) is 4.39 Å². The molecule has 2 N–H and O–H groups in total. The van der Waals surface area contributed by atoms with Crippen molar-refractivity contribution in [1.82, 2.24) is 5.32 Å². The number of benzene rings is 1. The lowest BCUT2D eigenvalue weighted by atomic mass is 10.1. The Balaban J connectivity index is 2.85. The number of nitrogens with one attached hydrogen (secondary N) is 1. The minimum absolute atomic E-state index is 0.166. The van der Waals surface area contributed by atoms with E-state index in [4.69, 9.17) is 21.4 Å². The van der Waals surface area contributed by atoms with Gasteiger partial charge in [0.05, 0.1) is 6.61 Å². The van der Waals surface area contributed by atoms with Gasteiger partial charge in [0, 0.05) is 18.7 Å². The molecule has 0 spiro atoms. The van der Waals surface area contributed by atoms with Crippen LogP contribution in [0.3, 0.4) is 0 Å². The molecule has 1 atom stereocenters. The van der Waals surface area contributed by atoms with Crippen molar-refractivity contribution in [3.8, 4) is 0 Å². The highest BCUT2D eigenvalue weighted by Crippen LogP contribution is 2.20. The van der Waals surface area contributed by atoms with Crippen LogP contribution in [-0.4, -0.2) is 31.3 Å². The van der Waals surface area contributed by atoms with Gasteiger partial charge in [-0.05, 0) is 23.8 Å². The maximum atomic E-state index is 13.1. The normalized spacial score (nSPS) is 12.4. The molecule has 4 nitrogen and oxygen atoms in total. The van der Waals surface area contributed by atoms with Gasteiger partial charge in [0.15, 0.2) is 0 Å². The second-order valence-corrected chi connectivity index (χ2v) is 3.86. The van der Waals surface area contributed by atoms with Crippen molar-refractivity contribution >= 4 is 17.6 Å². The second-order valence-electron chi connectivity index (χ2n) is 3.42. The number of halogens is 2. The fourth-order valence-electron chi connectivity index (χ4n) is 1.39. The monoisotopic (exact) mass is 261 g/mol. The highest BCUT2D eigenvalue weighted by atomic mass is 35.5. The minimum Gasteiger partial charge on any atom is -0.480 e. The van der Waals surface area contributed by atoms with Crippen LogP contribution in [0.15, 0.2) is 18.2 Å². The average Bonchev–Trinajstić information content (AvgIpc) is 2.22. The molecule has 94 valence electrons. The summed E-state index contributed by atoms with van der Waals surface area (Å²) in [6, 6.07) is 2.69. The molecule has 0 fully saturated rings.